The third-order valence-electron chi connectivity index (χ3n) is 4.06. The molecule has 1 rings (SSSR count). The van der Waals surface area contributed by atoms with Crippen molar-refractivity contribution in [1.82, 2.24) is 10.6 Å². The Bertz CT molecular complexity index is 528. The van der Waals surface area contributed by atoms with Crippen LogP contribution in [0.15, 0.2) is 24.3 Å². The molecule has 0 bridgehead atoms. The van der Waals surface area contributed by atoms with Crippen molar-refractivity contribution >= 4 is 17.6 Å². The van der Waals surface area contributed by atoms with E-state index in [1.807, 2.05) is 34.9 Å². The predicted octanol–water partition coefficient (Wildman–Crippen LogP) is 0.782. The maximum Gasteiger partial charge on any atom is 0.321 e. The first-order valence-electron chi connectivity index (χ1n) is 8.55. The summed E-state index contributed by atoms with van der Waals surface area (Å²) in [5, 5.41) is 5.14. The van der Waals surface area contributed by atoms with E-state index >= 15 is 0 Å². The number of nitrogens with zero attached hydrogens (tertiary/aromatic N) is 1. The van der Waals surface area contributed by atoms with Crippen LogP contribution in [0.4, 0.5) is 10.5 Å². The van der Waals surface area contributed by atoms with Gasteiger partial charge < -0.3 is 15.1 Å². The van der Waals surface area contributed by atoms with Gasteiger partial charge in [0.15, 0.2) is 6.54 Å². The van der Waals surface area contributed by atoms with E-state index in [0.29, 0.717) is 0 Å². The molecule has 0 heterocycles. The molecule has 0 saturated carbocycles. The number of nitrogens with one attached hydrogen (secondary N) is 3. The smallest absolute Gasteiger partial charge is 0.321 e. The fourth-order valence-electron chi connectivity index (χ4n) is 2.27. The normalized spacial score (nSPS) is 13.0. The van der Waals surface area contributed by atoms with Crippen LogP contribution in [0.1, 0.15) is 32.8 Å². The molecule has 0 aliphatic heterocycles. The number of likely N-dealkylation sites (N-methyl/N-ethyl adjacent to an activating group) is 1. The largest absolute Gasteiger partial charge is 0.378 e. The first-order valence-corrected chi connectivity index (χ1v) is 8.55. The third-order valence-corrected chi connectivity index (χ3v) is 4.06. The molecule has 1 unspecified atom stereocenters. The van der Waals surface area contributed by atoms with Crippen LogP contribution < -0.4 is 20.4 Å². The molecule has 3 N–H and O–H groups in total. The van der Waals surface area contributed by atoms with Crippen LogP contribution in [0, 0.1) is 0 Å². The molecule has 1 aromatic carbocycles. The zero-order valence-electron chi connectivity index (χ0n) is 15.5. The van der Waals surface area contributed by atoms with Gasteiger partial charge in [-0.2, -0.15) is 0 Å². The molecule has 2 atom stereocenters. The fraction of sp³-hybridized carbons (Fsp3) is 0.556. The van der Waals surface area contributed by atoms with Gasteiger partial charge in [0.25, 0.3) is 5.91 Å². The average Bonchev–Trinajstić information content (AvgIpc) is 2.54. The van der Waals surface area contributed by atoms with Gasteiger partial charge in [-0.05, 0) is 32.4 Å². The molecule has 134 valence electrons. The number of carbonyl (C=O) groups excluding carboxylic acids is 2. The molecular weight excluding hydrogens is 304 g/mol. The maximum absolute atomic E-state index is 12.0. The lowest BCUT2D eigenvalue weighted by Crippen LogP contribution is -3.11. The summed E-state index contributed by atoms with van der Waals surface area (Å²) in [5.74, 6) is -0.252. The Kier molecular flexibility index (Phi) is 8.26. The SMILES string of the molecule is CC[C@H](C)NC(=O)NC(=O)C[NH+](CC)Cc1ccc(N(C)C)cc1. The van der Waals surface area contributed by atoms with E-state index in [0.717, 1.165) is 30.1 Å². The van der Waals surface area contributed by atoms with Crippen molar-refractivity contribution in [3.8, 4) is 0 Å². The van der Waals surface area contributed by atoms with Gasteiger partial charge in [0.05, 0.1) is 6.54 Å². The molecule has 3 amide bonds. The molecule has 0 aliphatic carbocycles. The molecule has 1 aromatic rings. The molecule has 0 spiro atoms. The summed E-state index contributed by atoms with van der Waals surface area (Å²) < 4.78 is 0. The summed E-state index contributed by atoms with van der Waals surface area (Å²) >= 11 is 0. The van der Waals surface area contributed by atoms with Gasteiger partial charge in [-0.3, -0.25) is 10.1 Å². The third kappa shape index (κ3) is 7.00. The van der Waals surface area contributed by atoms with E-state index in [4.69, 9.17) is 0 Å². The molecule has 6 nitrogen and oxygen atoms in total. The minimum Gasteiger partial charge on any atom is -0.378 e. The Hall–Kier alpha value is -2.08. The van der Waals surface area contributed by atoms with Crippen LogP contribution in [0.2, 0.25) is 0 Å². The second-order valence-corrected chi connectivity index (χ2v) is 6.35. The average molecular weight is 335 g/mol. The van der Waals surface area contributed by atoms with Crippen molar-refractivity contribution in [1.29, 1.82) is 0 Å². The number of hydrogen-bond donors (Lipinski definition) is 3. The first kappa shape index (κ1) is 20.0. The number of urea groups is 1. The highest BCUT2D eigenvalue weighted by molar-refractivity contribution is 5.94. The fourth-order valence-corrected chi connectivity index (χ4v) is 2.27. The van der Waals surface area contributed by atoms with Crippen molar-refractivity contribution in [2.24, 2.45) is 0 Å². The van der Waals surface area contributed by atoms with Gasteiger partial charge >= 0.3 is 6.03 Å². The van der Waals surface area contributed by atoms with Gasteiger partial charge in [0.2, 0.25) is 0 Å². The highest BCUT2D eigenvalue weighted by Crippen LogP contribution is 2.11. The number of rotatable bonds is 8. The van der Waals surface area contributed by atoms with Crippen molar-refractivity contribution in [2.45, 2.75) is 39.8 Å². The number of anilines is 1. The zero-order chi connectivity index (χ0) is 18.1. The summed E-state index contributed by atoms with van der Waals surface area (Å²) in [6.07, 6.45) is 0.830. The standard InChI is InChI=1S/C18H30N4O2/c1-6-14(3)19-18(24)20-17(23)13-22(7-2)12-15-8-10-16(11-9-15)21(4)5/h8-11,14H,6-7,12-13H2,1-5H3,(H2,19,20,23,24)/p+1/t14-/m0/s1. The molecule has 6 heteroatoms. The van der Waals surface area contributed by atoms with Gasteiger partial charge in [0.1, 0.15) is 6.54 Å². The van der Waals surface area contributed by atoms with Crippen LogP contribution in [0.5, 0.6) is 0 Å². The summed E-state index contributed by atoms with van der Waals surface area (Å²) in [6, 6.07) is 7.95. The number of amides is 3. The second-order valence-electron chi connectivity index (χ2n) is 6.35. The summed E-state index contributed by atoms with van der Waals surface area (Å²) in [7, 11) is 4.01. The summed E-state index contributed by atoms with van der Waals surface area (Å²) in [4.78, 5) is 26.9. The monoisotopic (exact) mass is 335 g/mol. The van der Waals surface area contributed by atoms with Crippen LogP contribution in [0.25, 0.3) is 0 Å². The molecule has 24 heavy (non-hydrogen) atoms. The molecule has 0 aliphatic rings. The van der Waals surface area contributed by atoms with E-state index in [-0.39, 0.29) is 18.5 Å². The molecule has 0 aromatic heterocycles. The Morgan fingerprint density at radius 3 is 2.29 bits per heavy atom. The minimum atomic E-state index is -0.417. The topological polar surface area (TPSA) is 65.9 Å². The molecular formula is C18H31N4O2+. The van der Waals surface area contributed by atoms with Crippen molar-refractivity contribution < 1.29 is 14.5 Å². The van der Waals surface area contributed by atoms with Crippen LogP contribution >= 0.6 is 0 Å². The Balaban J connectivity index is 2.51. The Morgan fingerprint density at radius 2 is 1.79 bits per heavy atom. The number of quaternary nitrogens is 1. The molecule has 0 saturated heterocycles. The van der Waals surface area contributed by atoms with Gasteiger partial charge in [-0.25, -0.2) is 4.79 Å². The van der Waals surface area contributed by atoms with Crippen LogP contribution in [-0.2, 0) is 11.3 Å². The van der Waals surface area contributed by atoms with E-state index in [1.165, 1.54) is 5.56 Å². The Morgan fingerprint density at radius 1 is 1.17 bits per heavy atom. The minimum absolute atomic E-state index is 0.0580. The predicted molar refractivity (Wildman–Crippen MR) is 97.3 cm³/mol. The highest BCUT2D eigenvalue weighted by atomic mass is 16.2. The highest BCUT2D eigenvalue weighted by Gasteiger charge is 2.16. The van der Waals surface area contributed by atoms with Gasteiger partial charge in [0, 0.05) is 31.4 Å². The van der Waals surface area contributed by atoms with Crippen LogP contribution in [-0.4, -0.2) is 45.2 Å². The lowest BCUT2D eigenvalue weighted by molar-refractivity contribution is -0.904. The maximum atomic E-state index is 12.0. The number of carbonyl (C=O) groups is 2. The summed E-state index contributed by atoms with van der Waals surface area (Å²) in [6.45, 7) is 7.78. The molecule has 0 fully saturated rings. The van der Waals surface area contributed by atoms with Crippen LogP contribution in [0.3, 0.4) is 0 Å². The number of hydrogen-bond acceptors (Lipinski definition) is 3. The van der Waals surface area contributed by atoms with Gasteiger partial charge in [-0.15, -0.1) is 0 Å². The zero-order valence-corrected chi connectivity index (χ0v) is 15.5. The number of benzene rings is 1. The lowest BCUT2D eigenvalue weighted by atomic mass is 10.2. The van der Waals surface area contributed by atoms with E-state index in [1.54, 1.807) is 0 Å². The van der Waals surface area contributed by atoms with Crippen molar-refractivity contribution in [2.75, 3.05) is 32.1 Å². The van der Waals surface area contributed by atoms with E-state index < -0.39 is 6.03 Å². The lowest BCUT2D eigenvalue weighted by Gasteiger charge is -2.18. The molecule has 0 radical (unpaired) electrons. The summed E-state index contributed by atoms with van der Waals surface area (Å²) in [5.41, 5.74) is 2.32. The van der Waals surface area contributed by atoms with E-state index in [9.17, 15) is 9.59 Å². The van der Waals surface area contributed by atoms with Gasteiger partial charge in [-0.1, -0.05) is 19.1 Å². The Labute approximate surface area is 145 Å². The quantitative estimate of drug-likeness (QED) is 0.658. The van der Waals surface area contributed by atoms with Crippen molar-refractivity contribution in [3.63, 3.8) is 0 Å². The number of imide groups is 1. The van der Waals surface area contributed by atoms with E-state index in [2.05, 4.69) is 39.8 Å². The van der Waals surface area contributed by atoms with Crippen molar-refractivity contribution in [3.05, 3.63) is 29.8 Å². The second kappa shape index (κ2) is 9.93. The first-order chi connectivity index (χ1) is 11.3.